The maximum Gasteiger partial charge on any atom is 0.253 e. The van der Waals surface area contributed by atoms with Crippen molar-refractivity contribution in [3.05, 3.63) is 29.6 Å². The van der Waals surface area contributed by atoms with Gasteiger partial charge in [0, 0.05) is 23.5 Å². The molecule has 2 fully saturated rings. The van der Waals surface area contributed by atoms with Gasteiger partial charge in [0.2, 0.25) is 0 Å². The summed E-state index contributed by atoms with van der Waals surface area (Å²) < 4.78 is 0. The molecular formula is C17H25N3O. The lowest BCUT2D eigenvalue weighted by Crippen LogP contribution is -2.57. The smallest absolute Gasteiger partial charge is 0.253 e. The van der Waals surface area contributed by atoms with Gasteiger partial charge < -0.3 is 10.6 Å². The van der Waals surface area contributed by atoms with E-state index < -0.39 is 0 Å². The molecule has 1 aliphatic carbocycles. The first kappa shape index (κ1) is 14.5. The van der Waals surface area contributed by atoms with E-state index in [1.165, 1.54) is 32.1 Å². The topological polar surface area (TPSA) is 54.0 Å². The second-order valence-corrected chi connectivity index (χ2v) is 6.57. The van der Waals surface area contributed by atoms with E-state index in [1.807, 2.05) is 19.1 Å². The van der Waals surface area contributed by atoms with Crippen LogP contribution in [-0.4, -0.2) is 29.0 Å². The molecule has 2 aliphatic rings. The van der Waals surface area contributed by atoms with E-state index in [2.05, 4.69) is 15.6 Å². The van der Waals surface area contributed by atoms with Crippen LogP contribution in [0.2, 0.25) is 0 Å². The monoisotopic (exact) mass is 287 g/mol. The second kappa shape index (κ2) is 6.14. The van der Waals surface area contributed by atoms with Gasteiger partial charge in [0.1, 0.15) is 0 Å². The number of aryl methyl sites for hydroxylation is 1. The lowest BCUT2D eigenvalue weighted by molar-refractivity contribution is 0.0891. The number of hydrogen-bond donors (Lipinski definition) is 2. The van der Waals surface area contributed by atoms with Crippen LogP contribution in [0.1, 0.15) is 61.0 Å². The highest BCUT2D eigenvalue weighted by atomic mass is 16.1. The number of nitrogens with zero attached hydrogens (tertiary/aromatic N) is 1. The first-order valence-electron chi connectivity index (χ1n) is 8.16. The molecule has 0 radical (unpaired) electrons. The summed E-state index contributed by atoms with van der Waals surface area (Å²) in [5.41, 5.74) is 1.78. The third-order valence-electron chi connectivity index (χ3n) is 5.03. The summed E-state index contributed by atoms with van der Waals surface area (Å²) in [5, 5.41) is 6.95. The fourth-order valence-electron chi connectivity index (χ4n) is 3.88. The van der Waals surface area contributed by atoms with E-state index in [0.717, 1.165) is 25.1 Å². The minimum absolute atomic E-state index is 0.0264. The van der Waals surface area contributed by atoms with Crippen LogP contribution in [0.3, 0.4) is 0 Å². The van der Waals surface area contributed by atoms with Crippen molar-refractivity contribution in [1.29, 1.82) is 0 Å². The van der Waals surface area contributed by atoms with Crippen molar-refractivity contribution in [2.24, 2.45) is 0 Å². The Balaban J connectivity index is 1.65. The predicted octanol–water partition coefficient (Wildman–Crippen LogP) is 2.57. The molecule has 114 valence electrons. The third kappa shape index (κ3) is 3.26. The van der Waals surface area contributed by atoms with Crippen LogP contribution in [0.5, 0.6) is 0 Å². The molecule has 4 heteroatoms. The summed E-state index contributed by atoms with van der Waals surface area (Å²) >= 11 is 0. The SMILES string of the molecule is Cc1ncccc1C(=O)NC1CCNC2(CCCCC2)C1. The number of nitrogens with one attached hydrogen (secondary N) is 2. The average molecular weight is 287 g/mol. The molecule has 1 aromatic rings. The van der Waals surface area contributed by atoms with Gasteiger partial charge in [0.05, 0.1) is 5.56 Å². The summed E-state index contributed by atoms with van der Waals surface area (Å²) in [6.45, 7) is 2.90. The number of pyridine rings is 1. The van der Waals surface area contributed by atoms with Crippen LogP contribution >= 0.6 is 0 Å². The highest BCUT2D eigenvalue weighted by Crippen LogP contribution is 2.34. The Labute approximate surface area is 126 Å². The van der Waals surface area contributed by atoms with Gasteiger partial charge in [0.15, 0.2) is 0 Å². The zero-order valence-corrected chi connectivity index (χ0v) is 12.8. The second-order valence-electron chi connectivity index (χ2n) is 6.57. The number of carbonyl (C=O) groups is 1. The fourth-order valence-corrected chi connectivity index (χ4v) is 3.88. The molecule has 1 aliphatic heterocycles. The normalized spacial score (nSPS) is 24.7. The van der Waals surface area contributed by atoms with Crippen LogP contribution in [0.15, 0.2) is 18.3 Å². The van der Waals surface area contributed by atoms with Gasteiger partial charge in [0.25, 0.3) is 5.91 Å². The van der Waals surface area contributed by atoms with Crippen molar-refractivity contribution < 1.29 is 4.79 Å². The molecule has 1 saturated carbocycles. The van der Waals surface area contributed by atoms with Gasteiger partial charge in [-0.25, -0.2) is 0 Å². The van der Waals surface area contributed by atoms with Crippen LogP contribution < -0.4 is 10.6 Å². The van der Waals surface area contributed by atoms with E-state index in [9.17, 15) is 4.79 Å². The maximum absolute atomic E-state index is 12.4. The number of carbonyl (C=O) groups excluding carboxylic acids is 1. The molecule has 1 atom stereocenters. The molecule has 0 bridgehead atoms. The Morgan fingerprint density at radius 2 is 2.19 bits per heavy atom. The highest BCUT2D eigenvalue weighted by molar-refractivity contribution is 5.95. The Kier molecular flexibility index (Phi) is 4.24. The van der Waals surface area contributed by atoms with Gasteiger partial charge in [-0.1, -0.05) is 19.3 Å². The van der Waals surface area contributed by atoms with Gasteiger partial charge in [-0.15, -0.1) is 0 Å². The van der Waals surface area contributed by atoms with Gasteiger partial charge >= 0.3 is 0 Å². The lowest BCUT2D eigenvalue weighted by atomic mass is 9.75. The molecule has 21 heavy (non-hydrogen) atoms. The number of amides is 1. The van der Waals surface area contributed by atoms with E-state index in [0.29, 0.717) is 5.56 Å². The Hall–Kier alpha value is -1.42. The zero-order valence-electron chi connectivity index (χ0n) is 12.8. The van der Waals surface area contributed by atoms with Crippen LogP contribution in [0.25, 0.3) is 0 Å². The standard InChI is InChI=1S/C17H25N3O/c1-13-15(6-5-10-18-13)16(21)20-14-7-11-19-17(12-14)8-3-2-4-9-17/h5-6,10,14,19H,2-4,7-9,11-12H2,1H3,(H,20,21). The summed E-state index contributed by atoms with van der Waals surface area (Å²) in [4.78, 5) is 16.6. The number of rotatable bonds is 2. The summed E-state index contributed by atoms with van der Waals surface area (Å²) in [6, 6.07) is 3.97. The molecule has 4 nitrogen and oxygen atoms in total. The largest absolute Gasteiger partial charge is 0.349 e. The van der Waals surface area contributed by atoms with Crippen molar-refractivity contribution in [1.82, 2.24) is 15.6 Å². The van der Waals surface area contributed by atoms with Crippen LogP contribution in [0, 0.1) is 6.92 Å². The lowest BCUT2D eigenvalue weighted by Gasteiger charge is -2.44. The molecule has 0 aromatic carbocycles. The van der Waals surface area contributed by atoms with Gasteiger partial charge in [-0.05, 0) is 51.3 Å². The maximum atomic E-state index is 12.4. The predicted molar refractivity (Wildman–Crippen MR) is 83.3 cm³/mol. The first-order valence-corrected chi connectivity index (χ1v) is 8.16. The molecule has 1 aromatic heterocycles. The van der Waals surface area contributed by atoms with Gasteiger partial charge in [-0.2, -0.15) is 0 Å². The Morgan fingerprint density at radius 1 is 1.38 bits per heavy atom. The highest BCUT2D eigenvalue weighted by Gasteiger charge is 2.37. The van der Waals surface area contributed by atoms with Crippen molar-refractivity contribution in [2.45, 2.75) is 63.5 Å². The molecule has 1 unspecified atom stereocenters. The van der Waals surface area contributed by atoms with Crippen molar-refractivity contribution in [3.8, 4) is 0 Å². The Morgan fingerprint density at radius 3 is 2.95 bits per heavy atom. The number of aromatic nitrogens is 1. The third-order valence-corrected chi connectivity index (χ3v) is 5.03. The number of hydrogen-bond acceptors (Lipinski definition) is 3. The molecular weight excluding hydrogens is 262 g/mol. The molecule has 1 spiro atoms. The minimum atomic E-state index is 0.0264. The molecule has 2 N–H and O–H groups in total. The first-order chi connectivity index (χ1) is 10.2. The van der Waals surface area contributed by atoms with E-state index in [4.69, 9.17) is 0 Å². The van der Waals surface area contributed by atoms with E-state index >= 15 is 0 Å². The molecule has 2 heterocycles. The zero-order chi connectivity index (χ0) is 14.7. The Bertz CT molecular complexity index is 503. The van der Waals surface area contributed by atoms with Crippen molar-refractivity contribution in [2.75, 3.05) is 6.54 Å². The molecule has 1 saturated heterocycles. The summed E-state index contributed by atoms with van der Waals surface area (Å²) in [7, 11) is 0. The number of piperidine rings is 1. The van der Waals surface area contributed by atoms with Gasteiger partial charge in [-0.3, -0.25) is 9.78 Å². The van der Waals surface area contributed by atoms with Crippen LogP contribution in [0.4, 0.5) is 0 Å². The van der Waals surface area contributed by atoms with Crippen molar-refractivity contribution >= 4 is 5.91 Å². The molecule has 1 amide bonds. The van der Waals surface area contributed by atoms with Crippen LogP contribution in [-0.2, 0) is 0 Å². The average Bonchev–Trinajstić information content (AvgIpc) is 2.48. The quantitative estimate of drug-likeness (QED) is 0.879. The van der Waals surface area contributed by atoms with E-state index in [-0.39, 0.29) is 17.5 Å². The molecule has 3 rings (SSSR count). The minimum Gasteiger partial charge on any atom is -0.349 e. The fraction of sp³-hybridized carbons (Fsp3) is 0.647. The van der Waals surface area contributed by atoms with E-state index in [1.54, 1.807) is 6.20 Å². The summed E-state index contributed by atoms with van der Waals surface area (Å²) in [6.07, 6.45) is 10.3. The summed E-state index contributed by atoms with van der Waals surface area (Å²) in [5.74, 6) is 0.0264. The van der Waals surface area contributed by atoms with Crippen molar-refractivity contribution in [3.63, 3.8) is 0 Å².